The normalized spacial score (nSPS) is 22.9. The first-order valence-corrected chi connectivity index (χ1v) is 16.9. The third kappa shape index (κ3) is 5.75. The molecule has 2 aromatic carbocycles. The molecule has 1 N–H and O–H groups in total. The van der Waals surface area contributed by atoms with Crippen LogP contribution in [0.5, 0.6) is 0 Å². The minimum atomic E-state index is -2.08. The van der Waals surface area contributed by atoms with Crippen molar-refractivity contribution in [3.05, 3.63) is 60.0 Å². The second-order valence-electron chi connectivity index (χ2n) is 11.3. The summed E-state index contributed by atoms with van der Waals surface area (Å²) in [5, 5.41) is 13.4. The third-order valence-corrected chi connectivity index (χ3v) is 12.2. The van der Waals surface area contributed by atoms with Gasteiger partial charge in [-0.05, 0) is 67.6 Å². The molecule has 1 aliphatic heterocycles. The molecule has 0 radical (unpaired) electrons. The fourth-order valence-corrected chi connectivity index (χ4v) is 8.71. The van der Waals surface area contributed by atoms with Crippen LogP contribution in [-0.2, 0) is 14.5 Å². The van der Waals surface area contributed by atoms with Gasteiger partial charge in [-0.2, -0.15) is 5.26 Å². The molecular weight excluding hydrogens is 558 g/mol. The van der Waals surface area contributed by atoms with Crippen LogP contribution in [0.1, 0.15) is 50.1 Å². The number of nitrogens with one attached hydrogen (secondary N) is 1. The number of anilines is 1. The highest BCUT2D eigenvalue weighted by Gasteiger charge is 2.47. The van der Waals surface area contributed by atoms with Gasteiger partial charge in [0.15, 0.2) is 0 Å². The molecule has 10 heteroatoms. The van der Waals surface area contributed by atoms with E-state index in [9.17, 15) is 18.7 Å². The number of carbonyl (C=O) groups is 1. The van der Waals surface area contributed by atoms with Crippen molar-refractivity contribution in [2.24, 2.45) is 10.3 Å². The predicted molar refractivity (Wildman–Crippen MR) is 162 cm³/mol. The average molecular weight is 592 g/mol. The van der Waals surface area contributed by atoms with Gasteiger partial charge in [-0.15, -0.1) is 11.3 Å². The predicted octanol–water partition coefficient (Wildman–Crippen LogP) is 5.98. The molecule has 7 nitrogen and oxygen atoms in total. The quantitative estimate of drug-likeness (QED) is 0.380. The molecule has 3 fully saturated rings. The van der Waals surface area contributed by atoms with E-state index in [0.717, 1.165) is 58.1 Å². The highest BCUT2D eigenvalue weighted by Crippen LogP contribution is 2.46. The molecule has 2 atom stereocenters. The van der Waals surface area contributed by atoms with E-state index in [1.807, 2.05) is 0 Å². The largest absolute Gasteiger partial charge is 0.370 e. The minimum Gasteiger partial charge on any atom is -0.370 e. The zero-order valence-corrected chi connectivity index (χ0v) is 24.8. The molecule has 41 heavy (non-hydrogen) atoms. The van der Waals surface area contributed by atoms with Crippen LogP contribution < -0.4 is 10.2 Å². The molecule has 1 amide bonds. The lowest BCUT2D eigenvalue weighted by Crippen LogP contribution is -2.42. The number of hydrogen-bond acceptors (Lipinski definition) is 7. The van der Waals surface area contributed by atoms with Gasteiger partial charge in [0.1, 0.15) is 16.4 Å². The molecular formula is C31H34FN5O2S2. The number of halogens is 1. The molecule has 0 spiro atoms. The monoisotopic (exact) mass is 591 g/mol. The van der Waals surface area contributed by atoms with Crippen molar-refractivity contribution in [3.8, 4) is 27.1 Å². The topological polar surface area (TPSA) is 98.4 Å². The fourth-order valence-electron chi connectivity index (χ4n) is 5.98. The molecule has 1 aromatic heterocycles. The number of aromatic nitrogens is 1. The van der Waals surface area contributed by atoms with Crippen molar-refractivity contribution in [2.45, 2.75) is 50.0 Å². The van der Waals surface area contributed by atoms with E-state index in [2.05, 4.69) is 44.9 Å². The Balaban J connectivity index is 1.33. The Labute approximate surface area is 245 Å². The number of nitriles is 1. The summed E-state index contributed by atoms with van der Waals surface area (Å²) in [4.78, 5) is 21.9. The standard InChI is InChI=1S/C31H34FN5O2S2/c1-34-41(39)18-16-37(17-19-41)24-12-8-21(9-13-24)28-27(35-30(40-28)22-6-10-23(32)11-7-22)25-4-2-3-5-26(25)29(38)36-31(20-33)14-15-31/h6-13,25-26H,2-5,14-19H2,1H3,(H,36,38). The van der Waals surface area contributed by atoms with Gasteiger partial charge in [-0.3, -0.25) is 4.79 Å². The molecule has 6 rings (SSSR count). The van der Waals surface area contributed by atoms with Crippen LogP contribution >= 0.6 is 11.3 Å². The Morgan fingerprint density at radius 1 is 1.10 bits per heavy atom. The van der Waals surface area contributed by atoms with Crippen LogP contribution in [0.15, 0.2) is 52.9 Å². The summed E-state index contributed by atoms with van der Waals surface area (Å²) >= 11 is 1.57. The van der Waals surface area contributed by atoms with E-state index in [4.69, 9.17) is 4.98 Å². The molecule has 2 saturated carbocycles. The Kier molecular flexibility index (Phi) is 7.60. The van der Waals surface area contributed by atoms with Gasteiger partial charge in [-0.1, -0.05) is 25.0 Å². The van der Waals surface area contributed by atoms with Gasteiger partial charge in [0, 0.05) is 64.5 Å². The maximum absolute atomic E-state index is 13.7. The van der Waals surface area contributed by atoms with Crippen LogP contribution in [0, 0.1) is 23.1 Å². The van der Waals surface area contributed by atoms with Crippen LogP contribution in [0.4, 0.5) is 10.1 Å². The van der Waals surface area contributed by atoms with Crippen LogP contribution in [-0.4, -0.2) is 52.3 Å². The SMILES string of the molecule is CN=S1(=O)CCN(c2ccc(-c3sc(-c4ccc(F)cc4)nc3C3CCCCC3C(=O)NC3(C#N)CC3)cc2)CC1. The smallest absolute Gasteiger partial charge is 0.225 e. The van der Waals surface area contributed by atoms with Gasteiger partial charge in [0.05, 0.1) is 16.6 Å². The Bertz CT molecular complexity index is 1580. The van der Waals surface area contributed by atoms with Gasteiger partial charge in [-0.25, -0.2) is 17.9 Å². The minimum absolute atomic E-state index is 0.0492. The number of carbonyl (C=O) groups excluding carboxylic acids is 1. The number of rotatable bonds is 6. The molecule has 0 bridgehead atoms. The van der Waals surface area contributed by atoms with E-state index in [-0.39, 0.29) is 23.6 Å². The maximum atomic E-state index is 13.7. The second-order valence-corrected chi connectivity index (χ2v) is 15.0. The maximum Gasteiger partial charge on any atom is 0.225 e. The zero-order valence-electron chi connectivity index (χ0n) is 23.1. The fraction of sp³-hybridized carbons (Fsp3) is 0.452. The highest BCUT2D eigenvalue weighted by atomic mass is 32.2. The summed E-state index contributed by atoms with van der Waals surface area (Å²) in [6.07, 6.45) is 5.02. The second kappa shape index (κ2) is 11.2. The molecule has 2 heterocycles. The van der Waals surface area contributed by atoms with E-state index in [1.165, 1.54) is 12.1 Å². The summed E-state index contributed by atoms with van der Waals surface area (Å²) in [5.41, 5.74) is 3.16. The summed E-state index contributed by atoms with van der Waals surface area (Å²) < 4.78 is 30.4. The molecule has 3 aromatic rings. The first-order valence-electron chi connectivity index (χ1n) is 14.3. The number of hydrogen-bond donors (Lipinski definition) is 1. The summed E-state index contributed by atoms with van der Waals surface area (Å²) in [6.45, 7) is 1.41. The van der Waals surface area contributed by atoms with Crippen molar-refractivity contribution in [3.63, 3.8) is 0 Å². The number of thiazole rings is 1. The lowest BCUT2D eigenvalue weighted by atomic mass is 9.76. The lowest BCUT2D eigenvalue weighted by molar-refractivity contribution is -0.127. The summed E-state index contributed by atoms with van der Waals surface area (Å²) in [5.74, 6) is 0.492. The van der Waals surface area contributed by atoms with Crippen LogP contribution in [0.25, 0.3) is 21.0 Å². The number of benzene rings is 2. The Morgan fingerprint density at radius 3 is 2.39 bits per heavy atom. The molecule has 3 aliphatic rings. The Morgan fingerprint density at radius 2 is 1.76 bits per heavy atom. The van der Waals surface area contributed by atoms with Gasteiger partial charge >= 0.3 is 0 Å². The molecule has 2 aliphatic carbocycles. The van der Waals surface area contributed by atoms with E-state index in [1.54, 1.807) is 30.5 Å². The first-order chi connectivity index (χ1) is 19.8. The average Bonchev–Trinajstić information content (AvgIpc) is 3.64. The number of nitrogens with zero attached hydrogens (tertiary/aromatic N) is 4. The van der Waals surface area contributed by atoms with Crippen LogP contribution in [0.2, 0.25) is 0 Å². The third-order valence-electron chi connectivity index (χ3n) is 8.71. The van der Waals surface area contributed by atoms with Crippen LogP contribution in [0.3, 0.4) is 0 Å². The highest BCUT2D eigenvalue weighted by molar-refractivity contribution is 7.93. The lowest BCUT2D eigenvalue weighted by Gasteiger charge is -2.31. The van der Waals surface area contributed by atoms with E-state index in [0.29, 0.717) is 37.4 Å². The summed E-state index contributed by atoms with van der Waals surface area (Å²) in [6, 6.07) is 17.1. The van der Waals surface area contributed by atoms with E-state index < -0.39 is 15.3 Å². The van der Waals surface area contributed by atoms with Crippen molar-refractivity contribution >= 4 is 32.7 Å². The van der Waals surface area contributed by atoms with Crippen molar-refractivity contribution < 1.29 is 13.4 Å². The number of amides is 1. The van der Waals surface area contributed by atoms with Crippen molar-refractivity contribution in [1.29, 1.82) is 5.26 Å². The van der Waals surface area contributed by atoms with E-state index >= 15 is 0 Å². The molecule has 1 saturated heterocycles. The molecule has 214 valence electrons. The van der Waals surface area contributed by atoms with Gasteiger partial charge < -0.3 is 10.2 Å². The zero-order chi connectivity index (χ0) is 28.6. The van der Waals surface area contributed by atoms with Crippen molar-refractivity contribution in [2.75, 3.05) is 36.5 Å². The van der Waals surface area contributed by atoms with Crippen molar-refractivity contribution in [1.82, 2.24) is 10.3 Å². The Hall–Kier alpha value is -3.29. The summed E-state index contributed by atoms with van der Waals surface area (Å²) in [7, 11) is -0.437. The van der Waals surface area contributed by atoms with Gasteiger partial charge in [0.25, 0.3) is 0 Å². The molecule has 2 unspecified atom stereocenters. The van der Waals surface area contributed by atoms with Gasteiger partial charge in [0.2, 0.25) is 5.91 Å². The first kappa shape index (κ1) is 27.9.